The van der Waals surface area contributed by atoms with Crippen molar-refractivity contribution in [3.8, 4) is 0 Å². The zero-order valence-corrected chi connectivity index (χ0v) is 14.4. The molecule has 6 heteroatoms. The van der Waals surface area contributed by atoms with Crippen LogP contribution in [0.5, 0.6) is 0 Å². The summed E-state index contributed by atoms with van der Waals surface area (Å²) in [5, 5.41) is 3.38. The van der Waals surface area contributed by atoms with Crippen LogP contribution in [0.3, 0.4) is 0 Å². The summed E-state index contributed by atoms with van der Waals surface area (Å²) in [7, 11) is 0. The molecular formula is C19H23N3O3. The molecule has 6 nitrogen and oxygen atoms in total. The third-order valence-electron chi connectivity index (χ3n) is 5.16. The van der Waals surface area contributed by atoms with Crippen LogP contribution in [0.15, 0.2) is 41.0 Å². The van der Waals surface area contributed by atoms with Gasteiger partial charge in [-0.05, 0) is 44.5 Å². The number of aromatic nitrogens is 1. The number of hydrogen-bond acceptors (Lipinski definition) is 5. The zero-order valence-electron chi connectivity index (χ0n) is 14.4. The molecule has 2 aliphatic rings. The van der Waals surface area contributed by atoms with E-state index in [0.29, 0.717) is 18.2 Å². The SMILES string of the molecule is Cc1nc(C(=O)N(c2ccccc2)[C@@H]2COC3(CCNCC3)C2)co1. The molecule has 25 heavy (non-hydrogen) atoms. The average molecular weight is 341 g/mol. The van der Waals surface area contributed by atoms with E-state index in [2.05, 4.69) is 10.3 Å². The predicted molar refractivity (Wildman–Crippen MR) is 93.7 cm³/mol. The molecule has 3 heterocycles. The number of aryl methyl sites for hydroxylation is 1. The highest BCUT2D eigenvalue weighted by molar-refractivity contribution is 6.05. The minimum Gasteiger partial charge on any atom is -0.448 e. The van der Waals surface area contributed by atoms with E-state index in [1.54, 1.807) is 6.92 Å². The Morgan fingerprint density at radius 1 is 1.28 bits per heavy atom. The van der Waals surface area contributed by atoms with Gasteiger partial charge in [-0.3, -0.25) is 4.79 Å². The highest BCUT2D eigenvalue weighted by Crippen LogP contribution is 2.37. The first-order valence-electron chi connectivity index (χ1n) is 8.82. The molecule has 1 amide bonds. The smallest absolute Gasteiger partial charge is 0.280 e. The third-order valence-corrected chi connectivity index (χ3v) is 5.16. The number of nitrogens with zero attached hydrogens (tertiary/aromatic N) is 2. The van der Waals surface area contributed by atoms with Crippen LogP contribution in [-0.2, 0) is 4.74 Å². The number of para-hydroxylation sites is 1. The van der Waals surface area contributed by atoms with Crippen molar-refractivity contribution in [1.82, 2.24) is 10.3 Å². The summed E-state index contributed by atoms with van der Waals surface area (Å²) >= 11 is 0. The molecule has 2 saturated heterocycles. The number of hydrogen-bond donors (Lipinski definition) is 1. The molecule has 1 N–H and O–H groups in total. The van der Waals surface area contributed by atoms with Crippen molar-refractivity contribution in [3.63, 3.8) is 0 Å². The largest absolute Gasteiger partial charge is 0.448 e. The van der Waals surface area contributed by atoms with Crippen LogP contribution in [0, 0.1) is 6.92 Å². The van der Waals surface area contributed by atoms with E-state index in [4.69, 9.17) is 9.15 Å². The fraction of sp³-hybridized carbons (Fsp3) is 0.474. The lowest BCUT2D eigenvalue weighted by molar-refractivity contribution is -0.0193. The Bertz CT molecular complexity index is 737. The second kappa shape index (κ2) is 6.61. The first-order valence-corrected chi connectivity index (χ1v) is 8.82. The van der Waals surface area contributed by atoms with Gasteiger partial charge in [-0.15, -0.1) is 0 Å². The Morgan fingerprint density at radius 2 is 2.04 bits per heavy atom. The van der Waals surface area contributed by atoms with E-state index >= 15 is 0 Å². The summed E-state index contributed by atoms with van der Waals surface area (Å²) in [6.45, 7) is 4.23. The number of piperidine rings is 1. The number of carbonyl (C=O) groups is 1. The number of carbonyl (C=O) groups excluding carboxylic acids is 1. The number of benzene rings is 1. The number of anilines is 1. The Hall–Kier alpha value is -2.18. The van der Waals surface area contributed by atoms with Gasteiger partial charge in [0.2, 0.25) is 0 Å². The first-order chi connectivity index (χ1) is 12.2. The summed E-state index contributed by atoms with van der Waals surface area (Å²) in [6, 6.07) is 9.76. The maximum absolute atomic E-state index is 13.2. The Labute approximate surface area is 147 Å². The molecule has 2 aromatic rings. The maximum Gasteiger partial charge on any atom is 0.280 e. The number of amides is 1. The quantitative estimate of drug-likeness (QED) is 0.929. The zero-order chi connectivity index (χ0) is 17.3. The molecule has 0 unspecified atom stereocenters. The topological polar surface area (TPSA) is 67.6 Å². The second-order valence-corrected chi connectivity index (χ2v) is 6.86. The van der Waals surface area contributed by atoms with Crippen molar-refractivity contribution < 1.29 is 13.9 Å². The molecule has 132 valence electrons. The highest BCUT2D eigenvalue weighted by atomic mass is 16.5. The number of nitrogens with one attached hydrogen (secondary N) is 1. The second-order valence-electron chi connectivity index (χ2n) is 6.86. The fourth-order valence-corrected chi connectivity index (χ4v) is 3.88. The number of oxazole rings is 1. The van der Waals surface area contributed by atoms with E-state index in [-0.39, 0.29) is 17.6 Å². The van der Waals surface area contributed by atoms with Crippen LogP contribution in [0.2, 0.25) is 0 Å². The maximum atomic E-state index is 13.2. The summed E-state index contributed by atoms with van der Waals surface area (Å²) in [4.78, 5) is 19.2. The van der Waals surface area contributed by atoms with Gasteiger partial charge < -0.3 is 19.4 Å². The van der Waals surface area contributed by atoms with E-state index in [1.165, 1.54) is 6.26 Å². The van der Waals surface area contributed by atoms with Crippen LogP contribution >= 0.6 is 0 Å². The summed E-state index contributed by atoms with van der Waals surface area (Å²) in [5.74, 6) is 0.358. The van der Waals surface area contributed by atoms with Crippen LogP contribution < -0.4 is 10.2 Å². The first kappa shape index (κ1) is 16.3. The molecular weight excluding hydrogens is 318 g/mol. The van der Waals surface area contributed by atoms with Gasteiger partial charge in [0.15, 0.2) is 11.6 Å². The minimum absolute atomic E-state index is 0.00464. The summed E-state index contributed by atoms with van der Waals surface area (Å²) in [6.07, 6.45) is 4.27. The molecule has 0 aliphatic carbocycles. The van der Waals surface area contributed by atoms with Gasteiger partial charge in [-0.1, -0.05) is 18.2 Å². The van der Waals surface area contributed by atoms with Gasteiger partial charge in [-0.2, -0.15) is 0 Å². The van der Waals surface area contributed by atoms with E-state index < -0.39 is 0 Å². The van der Waals surface area contributed by atoms with Gasteiger partial charge in [0.05, 0.1) is 18.2 Å². The van der Waals surface area contributed by atoms with Crippen molar-refractivity contribution in [2.45, 2.75) is 37.8 Å². The molecule has 0 saturated carbocycles. The van der Waals surface area contributed by atoms with Gasteiger partial charge in [0, 0.05) is 12.6 Å². The van der Waals surface area contributed by atoms with Crippen molar-refractivity contribution in [2.24, 2.45) is 0 Å². The lowest BCUT2D eigenvalue weighted by Crippen LogP contribution is -2.44. The molecule has 2 fully saturated rings. The molecule has 0 bridgehead atoms. The van der Waals surface area contributed by atoms with Crippen LogP contribution in [0.25, 0.3) is 0 Å². The Balaban J connectivity index is 1.63. The van der Waals surface area contributed by atoms with Gasteiger partial charge >= 0.3 is 0 Å². The minimum atomic E-state index is -0.136. The standard InChI is InChI=1S/C19H23N3O3/c1-14-21-17(13-24-14)18(23)22(15-5-3-2-4-6-15)16-11-19(25-12-16)7-9-20-10-8-19/h2-6,13,16,20H,7-12H2,1H3/t16-/m0/s1. The van der Waals surface area contributed by atoms with Crippen molar-refractivity contribution in [3.05, 3.63) is 48.2 Å². The predicted octanol–water partition coefficient (Wildman–Crippen LogP) is 2.54. The number of rotatable bonds is 3. The fourth-order valence-electron chi connectivity index (χ4n) is 3.88. The van der Waals surface area contributed by atoms with Gasteiger partial charge in [0.1, 0.15) is 6.26 Å². The normalized spacial score (nSPS) is 22.2. The molecule has 1 aromatic carbocycles. The average Bonchev–Trinajstić information content (AvgIpc) is 3.24. The lowest BCUT2D eigenvalue weighted by atomic mass is 9.88. The van der Waals surface area contributed by atoms with E-state index in [1.807, 2.05) is 35.2 Å². The number of ether oxygens (including phenoxy) is 1. The molecule has 0 radical (unpaired) electrons. The van der Waals surface area contributed by atoms with Crippen LogP contribution in [-0.4, -0.2) is 42.2 Å². The van der Waals surface area contributed by atoms with E-state index in [9.17, 15) is 4.79 Å². The summed E-state index contributed by atoms with van der Waals surface area (Å²) in [5.41, 5.74) is 1.10. The lowest BCUT2D eigenvalue weighted by Gasteiger charge is -2.34. The monoisotopic (exact) mass is 341 g/mol. The summed E-state index contributed by atoms with van der Waals surface area (Å²) < 4.78 is 11.5. The van der Waals surface area contributed by atoms with Crippen LogP contribution in [0.1, 0.15) is 35.6 Å². The molecule has 1 spiro atoms. The van der Waals surface area contributed by atoms with Gasteiger partial charge in [-0.25, -0.2) is 4.98 Å². The van der Waals surface area contributed by atoms with Gasteiger partial charge in [0.25, 0.3) is 5.91 Å². The Morgan fingerprint density at radius 3 is 2.72 bits per heavy atom. The third kappa shape index (κ3) is 3.19. The van der Waals surface area contributed by atoms with Crippen LogP contribution in [0.4, 0.5) is 5.69 Å². The van der Waals surface area contributed by atoms with E-state index in [0.717, 1.165) is 38.0 Å². The van der Waals surface area contributed by atoms with Crippen molar-refractivity contribution >= 4 is 11.6 Å². The molecule has 1 atom stereocenters. The van der Waals surface area contributed by atoms with Crippen molar-refractivity contribution in [1.29, 1.82) is 0 Å². The molecule has 1 aromatic heterocycles. The molecule has 2 aliphatic heterocycles. The highest BCUT2D eigenvalue weighted by Gasteiger charge is 2.45. The van der Waals surface area contributed by atoms with Crippen molar-refractivity contribution in [2.75, 3.05) is 24.6 Å². The Kier molecular flexibility index (Phi) is 4.31. The molecule has 4 rings (SSSR count).